The third-order valence-electron chi connectivity index (χ3n) is 5.00. The van der Waals surface area contributed by atoms with Crippen molar-refractivity contribution in [3.63, 3.8) is 0 Å². The van der Waals surface area contributed by atoms with Gasteiger partial charge in [0.05, 0.1) is 31.5 Å². The molecule has 0 N–H and O–H groups in total. The molecule has 2 heterocycles. The number of halogens is 1. The number of carbonyl (C=O) groups excluding carboxylic acids is 1. The molecule has 0 radical (unpaired) electrons. The number of aromatic nitrogens is 1. The highest BCUT2D eigenvalue weighted by Crippen LogP contribution is 2.39. The molecule has 0 saturated carbocycles. The van der Waals surface area contributed by atoms with Gasteiger partial charge in [0, 0.05) is 30.4 Å². The van der Waals surface area contributed by atoms with Crippen molar-refractivity contribution in [1.29, 1.82) is 0 Å². The van der Waals surface area contributed by atoms with E-state index in [9.17, 15) is 4.79 Å². The molecule has 29 heavy (non-hydrogen) atoms. The largest absolute Gasteiger partial charge is 0.493 e. The van der Waals surface area contributed by atoms with Crippen LogP contribution in [0.3, 0.4) is 0 Å². The molecule has 1 aromatic heterocycles. The first-order valence-electron chi connectivity index (χ1n) is 9.16. The molecule has 2 aromatic carbocycles. The predicted molar refractivity (Wildman–Crippen MR) is 113 cm³/mol. The van der Waals surface area contributed by atoms with Gasteiger partial charge < -0.3 is 9.47 Å². The van der Waals surface area contributed by atoms with E-state index in [4.69, 9.17) is 21.1 Å². The van der Waals surface area contributed by atoms with Crippen LogP contribution in [-0.2, 0) is 4.79 Å². The Bertz CT molecular complexity index is 1120. The van der Waals surface area contributed by atoms with Crippen LogP contribution < -0.4 is 9.47 Å². The summed E-state index contributed by atoms with van der Waals surface area (Å²) in [5, 5.41) is 7.24. The maximum absolute atomic E-state index is 12.3. The van der Waals surface area contributed by atoms with Crippen molar-refractivity contribution in [3.05, 3.63) is 64.8 Å². The Morgan fingerprint density at radius 1 is 1.10 bits per heavy atom. The maximum Gasteiger partial charge on any atom is 0.240 e. The molecule has 1 amide bonds. The number of amides is 1. The zero-order valence-electron chi connectivity index (χ0n) is 16.3. The standard InChI is InChI=1S/C22H20ClN3O3/c1-13(27)26-19(11-18(25-26)14-7-5-4-6-8-14)16-9-15-10-20(28-2)21(29-3)12-17(15)24-22(16)23/h4-10,12,19H,11H2,1-3H3/t19-/m1/s1. The molecule has 1 aliphatic heterocycles. The van der Waals surface area contributed by atoms with Crippen molar-refractivity contribution in [2.75, 3.05) is 14.2 Å². The van der Waals surface area contributed by atoms with Crippen molar-refractivity contribution in [3.8, 4) is 11.5 Å². The Labute approximate surface area is 173 Å². The molecule has 0 saturated heterocycles. The molecule has 0 aliphatic carbocycles. The number of fused-ring (bicyclic) bond motifs is 1. The normalized spacial score (nSPS) is 16.1. The molecule has 0 spiro atoms. The molecular weight excluding hydrogens is 390 g/mol. The molecule has 3 aromatic rings. The lowest BCUT2D eigenvalue weighted by atomic mass is 9.98. The van der Waals surface area contributed by atoms with Gasteiger partial charge in [-0.3, -0.25) is 4.79 Å². The van der Waals surface area contributed by atoms with Gasteiger partial charge in [-0.1, -0.05) is 41.9 Å². The number of rotatable bonds is 4. The lowest BCUT2D eigenvalue weighted by Crippen LogP contribution is -2.24. The van der Waals surface area contributed by atoms with Crippen LogP contribution in [0.25, 0.3) is 10.9 Å². The molecule has 4 rings (SSSR count). The number of pyridine rings is 1. The van der Waals surface area contributed by atoms with Crippen LogP contribution in [0.15, 0.2) is 53.6 Å². The molecular formula is C22H20ClN3O3. The fourth-order valence-corrected chi connectivity index (χ4v) is 3.85. The van der Waals surface area contributed by atoms with Gasteiger partial charge in [-0.05, 0) is 17.7 Å². The molecule has 0 fully saturated rings. The molecule has 7 heteroatoms. The summed E-state index contributed by atoms with van der Waals surface area (Å²) in [7, 11) is 3.16. The summed E-state index contributed by atoms with van der Waals surface area (Å²) < 4.78 is 10.7. The lowest BCUT2D eigenvalue weighted by molar-refractivity contribution is -0.130. The molecule has 6 nitrogen and oxygen atoms in total. The van der Waals surface area contributed by atoms with Gasteiger partial charge >= 0.3 is 0 Å². The molecule has 1 atom stereocenters. The number of benzene rings is 2. The summed E-state index contributed by atoms with van der Waals surface area (Å²) in [5.41, 5.74) is 3.26. The highest BCUT2D eigenvalue weighted by atomic mass is 35.5. The monoisotopic (exact) mass is 409 g/mol. The van der Waals surface area contributed by atoms with E-state index in [0.29, 0.717) is 28.6 Å². The predicted octanol–water partition coefficient (Wildman–Crippen LogP) is 4.60. The first-order chi connectivity index (χ1) is 14.0. The number of nitrogens with zero attached hydrogens (tertiary/aromatic N) is 3. The van der Waals surface area contributed by atoms with Crippen LogP contribution in [0, 0.1) is 0 Å². The minimum atomic E-state index is -0.319. The van der Waals surface area contributed by atoms with E-state index in [1.807, 2.05) is 42.5 Å². The third kappa shape index (κ3) is 3.51. The smallest absolute Gasteiger partial charge is 0.240 e. The van der Waals surface area contributed by atoms with E-state index in [1.165, 1.54) is 11.9 Å². The Hall–Kier alpha value is -3.12. The average molecular weight is 410 g/mol. The van der Waals surface area contributed by atoms with Gasteiger partial charge in [0.2, 0.25) is 5.91 Å². The van der Waals surface area contributed by atoms with Crippen LogP contribution in [0.5, 0.6) is 11.5 Å². The van der Waals surface area contributed by atoms with Gasteiger partial charge in [0.1, 0.15) is 5.15 Å². The van der Waals surface area contributed by atoms with Crippen LogP contribution in [0.4, 0.5) is 0 Å². The molecule has 0 bridgehead atoms. The lowest BCUT2D eigenvalue weighted by Gasteiger charge is -2.21. The fraction of sp³-hybridized carbons (Fsp3) is 0.227. The van der Waals surface area contributed by atoms with E-state index in [2.05, 4.69) is 10.1 Å². The van der Waals surface area contributed by atoms with Crippen molar-refractivity contribution >= 4 is 34.1 Å². The third-order valence-corrected chi connectivity index (χ3v) is 5.30. The van der Waals surface area contributed by atoms with E-state index in [0.717, 1.165) is 22.2 Å². The number of carbonyl (C=O) groups is 1. The minimum Gasteiger partial charge on any atom is -0.493 e. The molecule has 1 aliphatic rings. The van der Waals surface area contributed by atoms with Crippen LogP contribution in [0.2, 0.25) is 5.15 Å². The quantitative estimate of drug-likeness (QED) is 0.590. The van der Waals surface area contributed by atoms with E-state index in [-0.39, 0.29) is 11.9 Å². The second-order valence-electron chi connectivity index (χ2n) is 6.76. The Balaban J connectivity index is 1.78. The summed E-state index contributed by atoms with van der Waals surface area (Å²) in [4.78, 5) is 16.8. The SMILES string of the molecule is COc1cc2cc([C@H]3CC(c4ccccc4)=NN3C(C)=O)c(Cl)nc2cc1OC. The highest BCUT2D eigenvalue weighted by molar-refractivity contribution is 6.30. The Morgan fingerprint density at radius 3 is 2.45 bits per heavy atom. The van der Waals surface area contributed by atoms with Crippen LogP contribution in [-0.4, -0.2) is 35.8 Å². The maximum atomic E-state index is 12.3. The summed E-state index contributed by atoms with van der Waals surface area (Å²) in [5.74, 6) is 1.03. The summed E-state index contributed by atoms with van der Waals surface area (Å²) in [6.07, 6.45) is 0.559. The van der Waals surface area contributed by atoms with Gasteiger partial charge in [-0.25, -0.2) is 9.99 Å². The van der Waals surface area contributed by atoms with Crippen molar-refractivity contribution in [2.45, 2.75) is 19.4 Å². The van der Waals surface area contributed by atoms with Crippen molar-refractivity contribution in [2.24, 2.45) is 5.10 Å². The Morgan fingerprint density at radius 2 is 1.79 bits per heavy atom. The fourth-order valence-electron chi connectivity index (χ4n) is 3.58. The van der Waals surface area contributed by atoms with Gasteiger partial charge in [0.25, 0.3) is 0 Å². The van der Waals surface area contributed by atoms with Gasteiger partial charge in [-0.2, -0.15) is 5.10 Å². The van der Waals surface area contributed by atoms with Crippen molar-refractivity contribution in [1.82, 2.24) is 9.99 Å². The number of ether oxygens (including phenoxy) is 2. The highest BCUT2D eigenvalue weighted by Gasteiger charge is 2.33. The molecule has 148 valence electrons. The zero-order chi connectivity index (χ0) is 20.5. The zero-order valence-corrected chi connectivity index (χ0v) is 17.1. The summed E-state index contributed by atoms with van der Waals surface area (Å²) >= 11 is 6.54. The average Bonchev–Trinajstić information content (AvgIpc) is 3.18. The van der Waals surface area contributed by atoms with Crippen LogP contribution >= 0.6 is 11.6 Å². The second-order valence-corrected chi connectivity index (χ2v) is 7.12. The number of methoxy groups -OCH3 is 2. The van der Waals surface area contributed by atoms with E-state index in [1.54, 1.807) is 20.3 Å². The number of hydrogen-bond acceptors (Lipinski definition) is 5. The first kappa shape index (κ1) is 19.2. The van der Waals surface area contributed by atoms with Crippen LogP contribution in [0.1, 0.15) is 30.5 Å². The van der Waals surface area contributed by atoms with E-state index >= 15 is 0 Å². The minimum absolute atomic E-state index is 0.149. The topological polar surface area (TPSA) is 64.0 Å². The Kier molecular flexibility index (Phi) is 5.11. The second kappa shape index (κ2) is 7.72. The van der Waals surface area contributed by atoms with E-state index < -0.39 is 0 Å². The number of hydrazone groups is 1. The van der Waals surface area contributed by atoms with Crippen molar-refractivity contribution < 1.29 is 14.3 Å². The summed E-state index contributed by atoms with van der Waals surface area (Å²) in [6.45, 7) is 1.50. The summed E-state index contributed by atoms with van der Waals surface area (Å²) in [6, 6.07) is 15.1. The van der Waals surface area contributed by atoms with Gasteiger partial charge in [-0.15, -0.1) is 0 Å². The van der Waals surface area contributed by atoms with Gasteiger partial charge in [0.15, 0.2) is 11.5 Å². The number of hydrogen-bond donors (Lipinski definition) is 0. The first-order valence-corrected chi connectivity index (χ1v) is 9.54. The molecule has 0 unspecified atom stereocenters.